The molecule has 2 atom stereocenters. The molecule has 6 rings (SSSR count). The maximum Gasteiger partial charge on any atom is 0.407 e. The number of Topliss-reactive ketones (excluding diaryl/α,β-unsaturated/α-hetero) is 1. The fraction of sp³-hybridized carbons (Fsp3) is 0.556. The molecule has 0 unspecified atom stereocenters. The van der Waals surface area contributed by atoms with Crippen molar-refractivity contribution >= 4 is 47.5 Å². The van der Waals surface area contributed by atoms with Crippen molar-refractivity contribution in [3.8, 4) is 22.3 Å². The summed E-state index contributed by atoms with van der Waals surface area (Å²) in [5.41, 5.74) is 72.8. The fourth-order valence-electron chi connectivity index (χ4n) is 9.79. The molecule has 0 fully saturated rings. The van der Waals surface area contributed by atoms with Gasteiger partial charge in [-0.05, 0) is 156 Å². The van der Waals surface area contributed by atoms with Gasteiger partial charge in [0.25, 0.3) is 0 Å². The zero-order valence-electron chi connectivity index (χ0n) is 60.0. The third kappa shape index (κ3) is 46.2. The molecule has 0 radical (unpaired) electrons. The lowest BCUT2D eigenvalue weighted by molar-refractivity contribution is -0.138. The van der Waals surface area contributed by atoms with Gasteiger partial charge >= 0.3 is 12.2 Å². The maximum absolute atomic E-state index is 12.9. The van der Waals surface area contributed by atoms with Crippen LogP contribution in [0.25, 0.3) is 84.9 Å². The molecule has 2 aliphatic rings. The first kappa shape index (κ1) is 110. The number of carbonyl (C=O) groups excluding carboxylic acids is 8. The van der Waals surface area contributed by atoms with Crippen LogP contribution >= 0.6 is 0 Å². The lowest BCUT2D eigenvalue weighted by Crippen LogP contribution is -2.51. The number of amides is 7. The van der Waals surface area contributed by atoms with Gasteiger partial charge in [0, 0.05) is 114 Å². The Kier molecular flexibility index (Phi) is 69.3. The van der Waals surface area contributed by atoms with E-state index in [1.165, 1.54) is 52.9 Å². The summed E-state index contributed by atoms with van der Waals surface area (Å²) in [6, 6.07) is 30.9. The van der Waals surface area contributed by atoms with E-state index in [4.69, 9.17) is 59.9 Å². The van der Waals surface area contributed by atoms with Crippen molar-refractivity contribution in [2.24, 2.45) is 47.9 Å². The third-order valence-corrected chi connectivity index (χ3v) is 14.8. The summed E-state index contributed by atoms with van der Waals surface area (Å²) >= 11 is 0. The molecule has 111 heavy (non-hydrogen) atoms. The molecule has 39 heteroatoms. The van der Waals surface area contributed by atoms with Gasteiger partial charge in [0.15, 0.2) is 0 Å². The highest BCUT2D eigenvalue weighted by Gasteiger charge is 2.32. The Balaban J connectivity index is -0.000000319. The van der Waals surface area contributed by atoms with Crippen LogP contribution in [-0.2, 0) is 38.2 Å². The van der Waals surface area contributed by atoms with E-state index in [0.717, 1.165) is 48.1 Å². The number of nitrogens with zero attached hydrogens (tertiary/aromatic N) is 20. The van der Waals surface area contributed by atoms with Gasteiger partial charge in [-0.3, -0.25) is 28.8 Å². The number of hydrogen-bond acceptors (Lipinski definition) is 20. The van der Waals surface area contributed by atoms with Gasteiger partial charge in [0.1, 0.15) is 31.1 Å². The largest absolute Gasteiger partial charge is 0.449 e. The van der Waals surface area contributed by atoms with Crippen molar-refractivity contribution < 1.29 is 47.8 Å². The van der Waals surface area contributed by atoms with E-state index in [0.29, 0.717) is 84.6 Å². The summed E-state index contributed by atoms with van der Waals surface area (Å²) in [5, 5.41) is 35.9. The Bertz CT molecular complexity index is 3550. The summed E-state index contributed by atoms with van der Waals surface area (Å²) in [7, 11) is 3.04. The number of nitrogens with two attached hydrogens (primary N) is 3. The van der Waals surface area contributed by atoms with Gasteiger partial charge in [-0.15, -0.1) is 0 Å². The second-order valence-corrected chi connectivity index (χ2v) is 22.4. The Morgan fingerprint density at radius 3 is 1.11 bits per heavy atom. The minimum Gasteiger partial charge on any atom is -0.449 e. The van der Waals surface area contributed by atoms with Crippen molar-refractivity contribution in [1.29, 1.82) is 0 Å². The fourth-order valence-corrected chi connectivity index (χ4v) is 9.79. The number of fused-ring (bicyclic) bond motifs is 6. The number of likely N-dealkylation sites (N-methyl/N-ethyl adjacent to an activating group) is 1. The van der Waals surface area contributed by atoms with E-state index in [2.05, 4.69) is 128 Å². The topological polar surface area (TPSA) is 604 Å². The summed E-state index contributed by atoms with van der Waals surface area (Å²) in [5.74, 6) is -2.05. The second kappa shape index (κ2) is 69.9. The molecular formula is C72H121N29O10. The molecule has 0 heterocycles. The molecule has 614 valence electrons. The molecule has 39 nitrogen and oxygen atoms in total. The first-order valence-corrected chi connectivity index (χ1v) is 33.7. The van der Waals surface area contributed by atoms with Crippen molar-refractivity contribution in [2.75, 3.05) is 132 Å². The lowest BCUT2D eigenvalue weighted by atomic mass is 9.98. The first-order valence-electron chi connectivity index (χ1n) is 33.7. The van der Waals surface area contributed by atoms with Crippen LogP contribution in [0.4, 0.5) is 9.59 Å². The van der Waals surface area contributed by atoms with E-state index >= 15 is 0 Å². The molecule has 7 amide bonds. The van der Waals surface area contributed by atoms with Gasteiger partial charge in [-0.25, -0.2) is 9.59 Å². The standard InChI is InChI=1S/C24H28N6O4.C16H15NO2.C13H24N10O3.C7H14N4O.2C3H8N4.6CH4/c1-16(23(32)30(14-22(31)26-2)13-7-12-27-29-25)28-24(33)34-15-21-19-10-5-3-8-17(19)18-9-4-6-11-20(18)21;1-17-16(18)19-10-15-13-8-4-2-6-11(13)12-7-3-5-9-14(12)15;1-10(20-12(25)8-17-4-2-5-18-21-15)13(26)23(9-11(14)24)7-3-6-19-22-16;1-2-7(12)6-9-4-3-5-10-11-8;2*4-2-1-3-6-7-5;;;;;;/h3-6,8-11,16,21H,7,12-15H2,1-2H3,(H,26,31)(H,28,33);2-9,15H,10H2,1H3,(H,17,18);10,17H,2-9H2,1H3,(H2,14,24)(H,20,25);9H,2-6H2,1H3;2*1-4H2;6*1H4/t16-;;10-;;;;;;;;;/m0.0........./s1. The smallest absolute Gasteiger partial charge is 0.407 e. The predicted molar refractivity (Wildman–Crippen MR) is 437 cm³/mol. The molecule has 0 saturated heterocycles. The maximum atomic E-state index is 12.9. The number of azide groups is 6. The molecule has 0 spiro atoms. The van der Waals surface area contributed by atoms with Crippen molar-refractivity contribution in [3.05, 3.63) is 182 Å². The van der Waals surface area contributed by atoms with Gasteiger partial charge < -0.3 is 68.4 Å². The Morgan fingerprint density at radius 2 is 0.775 bits per heavy atom. The van der Waals surface area contributed by atoms with Crippen LogP contribution in [0, 0.1) is 0 Å². The van der Waals surface area contributed by atoms with E-state index in [-0.39, 0.29) is 133 Å². The normalized spacial score (nSPS) is 10.5. The van der Waals surface area contributed by atoms with Crippen LogP contribution in [-0.4, -0.2) is 201 Å². The quantitative estimate of drug-likeness (QED) is 0.00868. The van der Waals surface area contributed by atoms with E-state index < -0.39 is 35.9 Å². The van der Waals surface area contributed by atoms with Crippen molar-refractivity contribution in [2.45, 2.75) is 134 Å². The van der Waals surface area contributed by atoms with Gasteiger partial charge in [0.2, 0.25) is 29.5 Å². The summed E-state index contributed by atoms with van der Waals surface area (Å²) in [6.07, 6.45) is 3.17. The monoisotopic (exact) mass is 1550 g/mol. The molecule has 4 aromatic carbocycles. The second-order valence-electron chi connectivity index (χ2n) is 22.4. The molecule has 4 aromatic rings. The Morgan fingerprint density at radius 1 is 0.450 bits per heavy atom. The average Bonchev–Trinajstić information content (AvgIpc) is 1.63. The Labute approximate surface area is 652 Å². The lowest BCUT2D eigenvalue weighted by Gasteiger charge is -2.25. The molecule has 0 aliphatic heterocycles. The number of primary amides is 1. The van der Waals surface area contributed by atoms with Gasteiger partial charge in [0.05, 0.1) is 26.2 Å². The third-order valence-electron chi connectivity index (χ3n) is 14.8. The molecule has 0 bridgehead atoms. The predicted octanol–water partition coefficient (Wildman–Crippen LogP) is 12.5. The number of ketones is 1. The molecular weight excluding hydrogens is 1430 g/mol. The van der Waals surface area contributed by atoms with Crippen LogP contribution < -0.4 is 49.1 Å². The highest BCUT2D eigenvalue weighted by atomic mass is 16.6. The van der Waals surface area contributed by atoms with Crippen LogP contribution in [0.3, 0.4) is 0 Å². The first-order chi connectivity index (χ1) is 50.8. The summed E-state index contributed by atoms with van der Waals surface area (Å²) in [6.45, 7) is 10.4. The number of rotatable bonds is 39. The molecule has 0 saturated carbocycles. The number of nitrogens with one attached hydrogen (secondary N) is 6. The number of alkyl carbamates (subject to hydrolysis) is 2. The van der Waals surface area contributed by atoms with Crippen LogP contribution in [0.2, 0.25) is 0 Å². The van der Waals surface area contributed by atoms with Crippen LogP contribution in [0.1, 0.15) is 144 Å². The van der Waals surface area contributed by atoms with E-state index in [1.54, 1.807) is 7.05 Å². The zero-order chi connectivity index (χ0) is 77.8. The zero-order valence-corrected chi connectivity index (χ0v) is 60.0. The van der Waals surface area contributed by atoms with E-state index in [9.17, 15) is 38.4 Å². The SMILES string of the molecule is C.C.C.C.C.C.CCC(=O)CNCCCN=[N+]=[N-].CNC(=O)CN(CCCN=[N+]=[N-])C(=O)[C@H](C)NC(=O)OCC1c2ccccc2-c2ccccc21.CNC(=O)OCC1c2ccccc2-c2ccccc21.C[C@H](NC(=O)CNCCCN=[N+]=[N-])C(=O)N(CCCN=[N+]=[N-])CC(N)=O.[N-]=[N+]=NCCCN.[N-]=[N+]=NCCCN. The highest BCUT2D eigenvalue weighted by Crippen LogP contribution is 2.45. The minimum atomic E-state index is -0.903. The van der Waals surface area contributed by atoms with Crippen molar-refractivity contribution in [3.63, 3.8) is 0 Å². The van der Waals surface area contributed by atoms with Gasteiger partial charge in [-0.2, -0.15) is 0 Å². The molecule has 12 N–H and O–H groups in total. The highest BCUT2D eigenvalue weighted by molar-refractivity contribution is 5.91. The minimum absolute atomic E-state index is 0. The number of benzene rings is 4. The van der Waals surface area contributed by atoms with Crippen LogP contribution in [0.15, 0.2) is 128 Å². The number of ether oxygens (including phenoxy) is 2. The molecule has 0 aromatic heterocycles. The van der Waals surface area contributed by atoms with E-state index in [1.807, 2.05) is 67.6 Å². The number of hydrogen-bond donors (Lipinski definition) is 9. The Hall–Kier alpha value is -11.9. The average molecular weight is 1550 g/mol. The number of carbonyl (C=O) groups is 8. The molecule has 2 aliphatic carbocycles. The van der Waals surface area contributed by atoms with Crippen LogP contribution in [0.5, 0.6) is 0 Å². The summed E-state index contributed by atoms with van der Waals surface area (Å²) in [4.78, 5) is 113. The van der Waals surface area contributed by atoms with Gasteiger partial charge in [-0.1, -0.05) is 179 Å². The summed E-state index contributed by atoms with van der Waals surface area (Å²) < 4.78 is 10.7. The van der Waals surface area contributed by atoms with Crippen molar-refractivity contribution in [1.82, 2.24) is 41.7 Å².